The fraction of sp³-hybridized carbons (Fsp3) is 1.00. The second kappa shape index (κ2) is 4.62. The van der Waals surface area contributed by atoms with Crippen molar-refractivity contribution in [2.45, 2.75) is 39.2 Å². The molecule has 1 rings (SSSR count). The zero-order valence-electron chi connectivity index (χ0n) is 9.07. The Kier molecular flexibility index (Phi) is 3.95. The van der Waals surface area contributed by atoms with Crippen molar-refractivity contribution in [2.75, 3.05) is 11.5 Å². The summed E-state index contributed by atoms with van der Waals surface area (Å²) in [6.45, 7) is 4.20. The summed E-state index contributed by atoms with van der Waals surface area (Å²) < 4.78 is 22.7. The molecule has 1 aliphatic rings. The van der Waals surface area contributed by atoms with E-state index in [1.54, 1.807) is 0 Å². The fourth-order valence-corrected chi connectivity index (χ4v) is 3.54. The SMILES string of the molecule is CC(C)C(N)C1CCCS(=O)(=O)CC1. The molecule has 0 aromatic rings. The van der Waals surface area contributed by atoms with Gasteiger partial charge in [0.25, 0.3) is 0 Å². The van der Waals surface area contributed by atoms with Crippen LogP contribution in [0, 0.1) is 11.8 Å². The summed E-state index contributed by atoms with van der Waals surface area (Å²) in [4.78, 5) is 0. The third-order valence-electron chi connectivity index (χ3n) is 3.14. The van der Waals surface area contributed by atoms with Crippen LogP contribution in [-0.2, 0) is 9.84 Å². The molecule has 84 valence electrons. The molecule has 1 saturated heterocycles. The molecule has 4 heteroatoms. The Morgan fingerprint density at radius 3 is 2.43 bits per heavy atom. The normalized spacial score (nSPS) is 29.9. The summed E-state index contributed by atoms with van der Waals surface area (Å²) in [5, 5.41) is 0. The first-order chi connectivity index (χ1) is 6.42. The molecule has 0 bridgehead atoms. The van der Waals surface area contributed by atoms with Crippen LogP contribution in [0.1, 0.15) is 33.1 Å². The Morgan fingerprint density at radius 1 is 1.21 bits per heavy atom. The van der Waals surface area contributed by atoms with Gasteiger partial charge in [0.05, 0.1) is 11.5 Å². The van der Waals surface area contributed by atoms with Gasteiger partial charge in [-0.2, -0.15) is 0 Å². The molecule has 2 N–H and O–H groups in total. The quantitative estimate of drug-likeness (QED) is 0.758. The first kappa shape index (κ1) is 12.0. The average Bonchev–Trinajstić information content (AvgIpc) is 2.25. The molecule has 0 amide bonds. The third kappa shape index (κ3) is 3.24. The van der Waals surface area contributed by atoms with Crippen LogP contribution < -0.4 is 5.73 Å². The second-order valence-corrected chi connectivity index (χ2v) is 6.97. The minimum atomic E-state index is -2.77. The van der Waals surface area contributed by atoms with Crippen LogP contribution >= 0.6 is 0 Å². The molecule has 2 unspecified atom stereocenters. The van der Waals surface area contributed by atoms with Gasteiger partial charge in [-0.3, -0.25) is 0 Å². The van der Waals surface area contributed by atoms with Crippen molar-refractivity contribution in [3.8, 4) is 0 Å². The molecule has 1 heterocycles. The lowest BCUT2D eigenvalue weighted by Gasteiger charge is -2.25. The lowest BCUT2D eigenvalue weighted by atomic mass is 9.86. The highest BCUT2D eigenvalue weighted by Crippen LogP contribution is 2.24. The van der Waals surface area contributed by atoms with Gasteiger partial charge in [0.2, 0.25) is 0 Å². The zero-order valence-corrected chi connectivity index (χ0v) is 9.89. The molecule has 3 nitrogen and oxygen atoms in total. The predicted molar refractivity (Wildman–Crippen MR) is 58.8 cm³/mol. The molecular formula is C10H21NO2S. The Hall–Kier alpha value is -0.0900. The van der Waals surface area contributed by atoms with E-state index >= 15 is 0 Å². The van der Waals surface area contributed by atoms with E-state index in [0.717, 1.165) is 19.3 Å². The van der Waals surface area contributed by atoms with Crippen LogP contribution in [0.5, 0.6) is 0 Å². The molecule has 14 heavy (non-hydrogen) atoms. The van der Waals surface area contributed by atoms with Crippen LogP contribution in [0.25, 0.3) is 0 Å². The van der Waals surface area contributed by atoms with Crippen molar-refractivity contribution in [1.29, 1.82) is 0 Å². The van der Waals surface area contributed by atoms with Crippen LogP contribution in [0.15, 0.2) is 0 Å². The number of rotatable bonds is 2. The van der Waals surface area contributed by atoms with Crippen LogP contribution in [0.4, 0.5) is 0 Å². The van der Waals surface area contributed by atoms with Crippen molar-refractivity contribution >= 4 is 9.84 Å². The van der Waals surface area contributed by atoms with E-state index in [-0.39, 0.29) is 6.04 Å². The minimum Gasteiger partial charge on any atom is -0.327 e. The maximum absolute atomic E-state index is 11.4. The van der Waals surface area contributed by atoms with Gasteiger partial charge in [-0.25, -0.2) is 8.42 Å². The number of hydrogen-bond donors (Lipinski definition) is 1. The summed E-state index contributed by atoms with van der Waals surface area (Å²) in [7, 11) is -2.77. The van der Waals surface area contributed by atoms with Crippen molar-refractivity contribution < 1.29 is 8.42 Å². The topological polar surface area (TPSA) is 60.2 Å². The number of nitrogens with two attached hydrogens (primary N) is 1. The van der Waals surface area contributed by atoms with Gasteiger partial charge < -0.3 is 5.73 Å². The van der Waals surface area contributed by atoms with E-state index < -0.39 is 9.84 Å². The molecule has 0 saturated carbocycles. The number of sulfone groups is 1. The third-order valence-corrected chi connectivity index (χ3v) is 4.91. The van der Waals surface area contributed by atoms with Crippen molar-refractivity contribution in [3.05, 3.63) is 0 Å². The maximum atomic E-state index is 11.4. The summed E-state index contributed by atoms with van der Waals surface area (Å²) in [6, 6.07) is 0.156. The van der Waals surface area contributed by atoms with Gasteiger partial charge in [0, 0.05) is 6.04 Å². The van der Waals surface area contributed by atoms with Crippen molar-refractivity contribution in [2.24, 2.45) is 17.6 Å². The largest absolute Gasteiger partial charge is 0.327 e. The molecule has 1 aliphatic heterocycles. The van der Waals surface area contributed by atoms with Gasteiger partial charge in [-0.15, -0.1) is 0 Å². The lowest BCUT2D eigenvalue weighted by Crippen LogP contribution is -2.35. The van der Waals surface area contributed by atoms with Crippen LogP contribution in [0.2, 0.25) is 0 Å². The standard InChI is InChI=1S/C10H21NO2S/c1-8(2)10(11)9-4-3-6-14(12,13)7-5-9/h8-10H,3-7,11H2,1-2H3. The van der Waals surface area contributed by atoms with Gasteiger partial charge in [0.1, 0.15) is 9.84 Å². The van der Waals surface area contributed by atoms with E-state index in [0.29, 0.717) is 23.3 Å². The van der Waals surface area contributed by atoms with Gasteiger partial charge in [0.15, 0.2) is 0 Å². The summed E-state index contributed by atoms with van der Waals surface area (Å²) in [6.07, 6.45) is 2.51. The molecular weight excluding hydrogens is 198 g/mol. The number of hydrogen-bond acceptors (Lipinski definition) is 3. The zero-order chi connectivity index (χ0) is 10.8. The van der Waals surface area contributed by atoms with Crippen LogP contribution in [0.3, 0.4) is 0 Å². The van der Waals surface area contributed by atoms with Gasteiger partial charge in [-0.05, 0) is 31.1 Å². The van der Waals surface area contributed by atoms with E-state index in [9.17, 15) is 8.42 Å². The van der Waals surface area contributed by atoms with E-state index in [1.807, 2.05) is 0 Å². The first-order valence-electron chi connectivity index (χ1n) is 5.38. The molecule has 0 aliphatic carbocycles. The first-order valence-corrected chi connectivity index (χ1v) is 7.20. The van der Waals surface area contributed by atoms with Gasteiger partial charge in [-0.1, -0.05) is 13.8 Å². The summed E-state index contributed by atoms with van der Waals surface area (Å²) in [5.41, 5.74) is 6.05. The highest BCUT2D eigenvalue weighted by Gasteiger charge is 2.26. The highest BCUT2D eigenvalue weighted by molar-refractivity contribution is 7.91. The highest BCUT2D eigenvalue weighted by atomic mass is 32.2. The Morgan fingerprint density at radius 2 is 1.86 bits per heavy atom. The summed E-state index contributed by atoms with van der Waals surface area (Å²) >= 11 is 0. The van der Waals surface area contributed by atoms with Crippen molar-refractivity contribution in [3.63, 3.8) is 0 Å². The minimum absolute atomic E-state index is 0.156. The average molecular weight is 219 g/mol. The fourth-order valence-electron chi connectivity index (χ4n) is 2.07. The monoisotopic (exact) mass is 219 g/mol. The van der Waals surface area contributed by atoms with E-state index in [4.69, 9.17) is 5.73 Å². The maximum Gasteiger partial charge on any atom is 0.150 e. The molecule has 1 fully saturated rings. The van der Waals surface area contributed by atoms with E-state index in [1.165, 1.54) is 0 Å². The second-order valence-electron chi connectivity index (χ2n) is 4.66. The molecule has 0 radical (unpaired) electrons. The van der Waals surface area contributed by atoms with Crippen molar-refractivity contribution in [1.82, 2.24) is 0 Å². The van der Waals surface area contributed by atoms with Crippen LogP contribution in [-0.4, -0.2) is 26.0 Å². The van der Waals surface area contributed by atoms with E-state index in [2.05, 4.69) is 13.8 Å². The molecule has 2 atom stereocenters. The smallest absolute Gasteiger partial charge is 0.150 e. The Balaban J connectivity index is 2.58. The lowest BCUT2D eigenvalue weighted by molar-refractivity contribution is 0.318. The molecule has 0 aromatic carbocycles. The predicted octanol–water partition coefficient (Wildman–Crippen LogP) is 1.18. The molecule has 0 spiro atoms. The van der Waals surface area contributed by atoms with Gasteiger partial charge >= 0.3 is 0 Å². The Bertz CT molecular complexity index is 272. The summed E-state index contributed by atoms with van der Waals surface area (Å²) in [5.74, 6) is 1.53. The Labute approximate surface area is 87.0 Å². The molecule has 0 aromatic heterocycles.